The first-order valence-corrected chi connectivity index (χ1v) is 29.2. The molecule has 3 heteroatoms. The molecular weight excluding hydrogens is 1020 g/mol. The van der Waals surface area contributed by atoms with Crippen molar-refractivity contribution in [2.75, 3.05) is 9.80 Å². The highest BCUT2D eigenvalue weighted by Gasteiger charge is 2.19. The van der Waals surface area contributed by atoms with Gasteiger partial charge in [-0.25, -0.2) is 0 Å². The van der Waals surface area contributed by atoms with Crippen LogP contribution in [0.5, 0.6) is 0 Å². The van der Waals surface area contributed by atoms with Crippen LogP contribution in [0.15, 0.2) is 328 Å². The number of rotatable bonds is 9. The molecule has 0 saturated carbocycles. The van der Waals surface area contributed by atoms with E-state index < -0.39 is 0 Å². The van der Waals surface area contributed by atoms with E-state index in [0.29, 0.717) is 0 Å². The van der Waals surface area contributed by atoms with Crippen LogP contribution in [0, 0.1) is 0 Å². The average molecular weight is 1080 g/mol. The van der Waals surface area contributed by atoms with Gasteiger partial charge in [-0.3, -0.25) is 0 Å². The van der Waals surface area contributed by atoms with Gasteiger partial charge in [-0.05, 0) is 155 Å². The molecule has 2 nitrogen and oxygen atoms in total. The Kier molecular flexibility index (Phi) is 12.8. The molecule has 16 aromatic rings. The zero-order valence-electron chi connectivity index (χ0n) is 45.5. The highest BCUT2D eigenvalue weighted by Crippen LogP contribution is 2.44. The van der Waals surface area contributed by atoms with Gasteiger partial charge >= 0.3 is 0 Å². The lowest BCUT2D eigenvalue weighted by Crippen LogP contribution is -2.10. The van der Waals surface area contributed by atoms with Crippen LogP contribution >= 0.6 is 11.3 Å². The van der Waals surface area contributed by atoms with E-state index in [1.165, 1.54) is 107 Å². The maximum atomic E-state index is 2.38. The van der Waals surface area contributed by atoms with Crippen molar-refractivity contribution in [1.29, 1.82) is 0 Å². The van der Waals surface area contributed by atoms with Crippen molar-refractivity contribution in [1.82, 2.24) is 0 Å². The predicted octanol–water partition coefficient (Wildman–Crippen LogP) is 23.4. The number of benzene rings is 15. The van der Waals surface area contributed by atoms with E-state index in [-0.39, 0.29) is 0 Å². The number of thiophene rings is 1. The summed E-state index contributed by atoms with van der Waals surface area (Å²) < 4.78 is 2.70. The number of para-hydroxylation sites is 2. The van der Waals surface area contributed by atoms with Crippen molar-refractivity contribution in [3.63, 3.8) is 0 Å². The third-order valence-corrected chi connectivity index (χ3v) is 17.5. The van der Waals surface area contributed by atoms with Gasteiger partial charge in [-0.15, -0.1) is 11.3 Å². The largest absolute Gasteiger partial charge is 0.310 e. The molecule has 0 radical (unpaired) electrons. The Hall–Kier alpha value is -10.6. The number of hydrogen-bond acceptors (Lipinski definition) is 3. The molecule has 0 bridgehead atoms. The number of nitrogens with zero attached hydrogens (tertiary/aromatic N) is 2. The Labute approximate surface area is 487 Å². The van der Waals surface area contributed by atoms with E-state index >= 15 is 0 Å². The van der Waals surface area contributed by atoms with E-state index in [4.69, 9.17) is 0 Å². The van der Waals surface area contributed by atoms with E-state index in [1.54, 1.807) is 0 Å². The molecule has 0 saturated heterocycles. The minimum atomic E-state index is 1.12. The summed E-state index contributed by atoms with van der Waals surface area (Å²) in [5, 5.41) is 15.5. The molecule has 0 aliphatic rings. The van der Waals surface area contributed by atoms with E-state index in [1.807, 2.05) is 11.3 Å². The van der Waals surface area contributed by atoms with E-state index in [2.05, 4.69) is 337 Å². The van der Waals surface area contributed by atoms with E-state index in [0.717, 1.165) is 34.1 Å². The summed E-state index contributed by atoms with van der Waals surface area (Å²) in [7, 11) is 0. The van der Waals surface area contributed by atoms with Gasteiger partial charge in [0, 0.05) is 53.7 Å². The molecule has 1 heterocycles. The second kappa shape index (κ2) is 21.5. The first-order valence-electron chi connectivity index (χ1n) is 28.4. The van der Waals surface area contributed by atoms with Crippen LogP contribution < -0.4 is 9.80 Å². The Bertz CT molecular complexity index is 4820. The highest BCUT2D eigenvalue weighted by atomic mass is 32.1. The monoisotopic (exact) mass is 1070 g/mol. The zero-order chi connectivity index (χ0) is 55.1. The Morgan fingerprint density at radius 2 is 0.578 bits per heavy atom. The van der Waals surface area contributed by atoms with Crippen LogP contribution in [0.2, 0.25) is 0 Å². The fraction of sp³-hybridized carbons (Fsp3) is 0. The lowest BCUT2D eigenvalue weighted by atomic mass is 9.91. The molecule has 1 aromatic heterocycles. The van der Waals surface area contributed by atoms with Crippen LogP contribution in [-0.4, -0.2) is 0 Å². The summed E-state index contributed by atoms with van der Waals surface area (Å²) in [6.07, 6.45) is 0. The Morgan fingerprint density at radius 1 is 0.205 bits per heavy atom. The van der Waals surface area contributed by atoms with Gasteiger partial charge in [0.15, 0.2) is 0 Å². The molecule has 15 aromatic carbocycles. The Balaban J connectivity index is 0.000000145. The molecule has 83 heavy (non-hydrogen) atoms. The molecule has 0 atom stereocenters. The fourth-order valence-corrected chi connectivity index (χ4v) is 13.6. The predicted molar refractivity (Wildman–Crippen MR) is 359 cm³/mol. The molecule has 0 fully saturated rings. The first kappa shape index (κ1) is 49.5. The van der Waals surface area contributed by atoms with Crippen LogP contribution in [-0.2, 0) is 0 Å². The maximum absolute atomic E-state index is 2.38. The smallest absolute Gasteiger partial charge is 0.0540 e. The minimum Gasteiger partial charge on any atom is -0.310 e. The van der Waals surface area contributed by atoms with Crippen molar-refractivity contribution in [2.24, 2.45) is 0 Å². The average Bonchev–Trinajstić information content (AvgIpc) is 4.13. The van der Waals surface area contributed by atoms with Crippen molar-refractivity contribution >= 4 is 119 Å². The summed E-state index contributed by atoms with van der Waals surface area (Å²) >= 11 is 1.89. The van der Waals surface area contributed by atoms with Crippen LogP contribution in [0.3, 0.4) is 0 Å². The molecule has 0 N–H and O–H groups in total. The summed E-state index contributed by atoms with van der Waals surface area (Å²) in [6.45, 7) is 0. The number of fused-ring (bicyclic) bond motifs is 11. The molecule has 0 amide bonds. The fourth-order valence-electron chi connectivity index (χ4n) is 12.3. The van der Waals surface area contributed by atoms with Gasteiger partial charge in [0.2, 0.25) is 0 Å². The SMILES string of the molecule is c1cc(-c2ccc3c4ccccc4c4ccccc4c3c2)cc(-c2cccc3c2sc2ccccc23)c1.c1ccc(N(c2ccc(-c3ccc(N(c4ccccc4)c4cccc5ccccc45)cc3)cc2)c2cccc3ccccc23)cc1. The maximum Gasteiger partial charge on any atom is 0.0540 e. The van der Waals surface area contributed by atoms with Crippen LogP contribution in [0.4, 0.5) is 34.1 Å². The Morgan fingerprint density at radius 3 is 1.13 bits per heavy atom. The lowest BCUT2D eigenvalue weighted by Gasteiger charge is -2.27. The molecular formula is C80H54N2S. The summed E-state index contributed by atoms with van der Waals surface area (Å²) in [4.78, 5) is 4.69. The van der Waals surface area contributed by atoms with Gasteiger partial charge in [-0.1, -0.05) is 249 Å². The highest BCUT2D eigenvalue weighted by molar-refractivity contribution is 7.26. The van der Waals surface area contributed by atoms with Crippen LogP contribution in [0.1, 0.15) is 0 Å². The zero-order valence-corrected chi connectivity index (χ0v) is 46.3. The first-order chi connectivity index (χ1) is 41.2. The normalized spacial score (nSPS) is 11.4. The number of anilines is 6. The van der Waals surface area contributed by atoms with Crippen molar-refractivity contribution in [2.45, 2.75) is 0 Å². The van der Waals surface area contributed by atoms with Gasteiger partial charge in [-0.2, -0.15) is 0 Å². The third-order valence-electron chi connectivity index (χ3n) is 16.3. The van der Waals surface area contributed by atoms with Gasteiger partial charge in [0.1, 0.15) is 0 Å². The molecule has 0 spiro atoms. The quantitative estimate of drug-likeness (QED) is 0.133. The topological polar surface area (TPSA) is 6.48 Å². The molecule has 0 unspecified atom stereocenters. The van der Waals surface area contributed by atoms with Gasteiger partial charge in [0.05, 0.1) is 11.4 Å². The molecule has 0 aliphatic carbocycles. The molecule has 0 aliphatic heterocycles. The van der Waals surface area contributed by atoms with Gasteiger partial charge < -0.3 is 9.80 Å². The second-order valence-corrected chi connectivity index (χ2v) is 22.2. The number of hydrogen-bond donors (Lipinski definition) is 0. The van der Waals surface area contributed by atoms with Crippen molar-refractivity contribution in [3.8, 4) is 33.4 Å². The van der Waals surface area contributed by atoms with Crippen LogP contribution in [0.25, 0.3) is 107 Å². The second-order valence-electron chi connectivity index (χ2n) is 21.1. The third kappa shape index (κ3) is 9.20. The van der Waals surface area contributed by atoms with Gasteiger partial charge in [0.25, 0.3) is 0 Å². The van der Waals surface area contributed by atoms with Crippen molar-refractivity contribution in [3.05, 3.63) is 328 Å². The van der Waals surface area contributed by atoms with Crippen molar-refractivity contribution < 1.29 is 0 Å². The summed E-state index contributed by atoms with van der Waals surface area (Å²) in [6, 6.07) is 118. The minimum absolute atomic E-state index is 1.12. The standard InChI is InChI=1S/C44H32N2.C36H22S/c1-3-17-37(18-4-1)45(43-23-11-15-35-13-7-9-21-41(35)43)39-29-25-33(26-30-39)34-27-31-40(32-28-34)46(38-19-5-2-6-20-38)44-24-12-16-36-14-8-10-22-42(36)44;1-2-13-29-27(11-1)28-12-3-4-14-30(28)34-22-24(19-20-31(29)34)23-9-7-10-25(21-23)26-16-8-17-33-32-15-5-6-18-35(32)37-36(26)33/h1-32H;1-22H. The molecule has 16 rings (SSSR count). The summed E-state index contributed by atoms with van der Waals surface area (Å²) in [5.41, 5.74) is 14.2. The molecule has 390 valence electrons. The van der Waals surface area contributed by atoms with E-state index in [9.17, 15) is 0 Å². The summed E-state index contributed by atoms with van der Waals surface area (Å²) in [5.74, 6) is 0. The lowest BCUT2D eigenvalue weighted by molar-refractivity contribution is 1.29.